The Balaban J connectivity index is 1.24. The van der Waals surface area contributed by atoms with Gasteiger partial charge >= 0.3 is 0 Å². The number of anilines is 1. The first-order valence-corrected chi connectivity index (χ1v) is 10.7. The van der Waals surface area contributed by atoms with Crippen LogP contribution in [0.3, 0.4) is 0 Å². The second-order valence-corrected chi connectivity index (χ2v) is 8.24. The summed E-state index contributed by atoms with van der Waals surface area (Å²) in [4.78, 5) is 38.1. The monoisotopic (exact) mass is 421 g/mol. The molecule has 2 fully saturated rings. The molecular weight excluding hydrogens is 394 g/mol. The molecule has 3 unspecified atom stereocenters. The fraction of sp³-hybridized carbons (Fsp3) is 0.375. The Morgan fingerprint density at radius 2 is 1.74 bits per heavy atom. The van der Waals surface area contributed by atoms with Gasteiger partial charge in [-0.1, -0.05) is 25.1 Å². The number of ether oxygens (including phenoxy) is 1. The lowest BCUT2D eigenvalue weighted by atomic mass is 10.2. The first kappa shape index (κ1) is 20.9. The first-order valence-electron chi connectivity index (χ1n) is 10.7. The van der Waals surface area contributed by atoms with E-state index >= 15 is 0 Å². The lowest BCUT2D eigenvalue weighted by molar-refractivity contribution is -0.123. The van der Waals surface area contributed by atoms with Crippen LogP contribution in [0.5, 0.6) is 11.5 Å². The molecule has 1 heterocycles. The van der Waals surface area contributed by atoms with Gasteiger partial charge in [0.2, 0.25) is 17.7 Å². The zero-order valence-electron chi connectivity index (χ0n) is 17.5. The van der Waals surface area contributed by atoms with Crippen LogP contribution in [0.15, 0.2) is 54.6 Å². The van der Waals surface area contributed by atoms with Crippen molar-refractivity contribution in [1.82, 2.24) is 10.6 Å². The molecule has 3 atom stereocenters. The number of benzene rings is 2. The first-order chi connectivity index (χ1) is 15.0. The summed E-state index contributed by atoms with van der Waals surface area (Å²) in [6.45, 7) is 2.79. The Morgan fingerprint density at radius 3 is 2.42 bits per heavy atom. The Labute approximate surface area is 181 Å². The van der Waals surface area contributed by atoms with E-state index in [9.17, 15) is 14.4 Å². The van der Waals surface area contributed by atoms with E-state index in [1.165, 1.54) is 0 Å². The van der Waals surface area contributed by atoms with Crippen LogP contribution in [0.2, 0.25) is 0 Å². The van der Waals surface area contributed by atoms with E-state index in [2.05, 4.69) is 10.6 Å². The summed E-state index contributed by atoms with van der Waals surface area (Å²) in [6.07, 6.45) is 1.40. The molecule has 0 radical (unpaired) electrons. The van der Waals surface area contributed by atoms with E-state index in [1.807, 2.05) is 61.5 Å². The Bertz CT molecular complexity index is 945. The average molecular weight is 421 g/mol. The summed E-state index contributed by atoms with van der Waals surface area (Å²) in [6, 6.07) is 16.6. The van der Waals surface area contributed by atoms with Crippen molar-refractivity contribution in [3.8, 4) is 11.5 Å². The highest BCUT2D eigenvalue weighted by Crippen LogP contribution is 2.37. The largest absolute Gasteiger partial charge is 0.457 e. The van der Waals surface area contributed by atoms with Crippen molar-refractivity contribution in [3.05, 3.63) is 54.6 Å². The number of nitrogens with zero attached hydrogens (tertiary/aromatic N) is 1. The van der Waals surface area contributed by atoms with Crippen molar-refractivity contribution in [2.45, 2.75) is 32.2 Å². The summed E-state index contributed by atoms with van der Waals surface area (Å²) in [5.41, 5.74) is 0.771. The number of nitrogens with one attached hydrogen (secondary N) is 2. The van der Waals surface area contributed by atoms with E-state index in [1.54, 1.807) is 4.90 Å². The molecule has 31 heavy (non-hydrogen) atoms. The van der Waals surface area contributed by atoms with Gasteiger partial charge in [0.15, 0.2) is 0 Å². The van der Waals surface area contributed by atoms with E-state index in [4.69, 9.17) is 4.74 Å². The molecule has 0 spiro atoms. The Morgan fingerprint density at radius 1 is 1.06 bits per heavy atom. The third kappa shape index (κ3) is 5.42. The van der Waals surface area contributed by atoms with Crippen molar-refractivity contribution in [2.75, 3.05) is 18.0 Å². The van der Waals surface area contributed by atoms with Crippen LogP contribution >= 0.6 is 0 Å². The number of hydrogen-bond acceptors (Lipinski definition) is 4. The number of para-hydroxylation sites is 1. The maximum atomic E-state index is 12.4. The number of rotatable bonds is 8. The molecule has 1 saturated carbocycles. The molecule has 2 aromatic carbocycles. The number of hydrogen-bond donors (Lipinski definition) is 2. The van der Waals surface area contributed by atoms with Crippen LogP contribution in [0.4, 0.5) is 5.69 Å². The van der Waals surface area contributed by atoms with Crippen LogP contribution in [-0.2, 0) is 14.4 Å². The predicted molar refractivity (Wildman–Crippen MR) is 117 cm³/mol. The summed E-state index contributed by atoms with van der Waals surface area (Å²) < 4.78 is 5.78. The molecule has 4 rings (SSSR count). The molecule has 2 N–H and O–H groups in total. The van der Waals surface area contributed by atoms with Crippen molar-refractivity contribution < 1.29 is 19.1 Å². The average Bonchev–Trinajstić information content (AvgIpc) is 3.39. The summed E-state index contributed by atoms with van der Waals surface area (Å²) >= 11 is 0. The lowest BCUT2D eigenvalue weighted by Gasteiger charge is -2.18. The second-order valence-electron chi connectivity index (χ2n) is 8.24. The molecule has 162 valence electrons. The van der Waals surface area contributed by atoms with Crippen LogP contribution in [0.25, 0.3) is 0 Å². The van der Waals surface area contributed by atoms with E-state index in [0.717, 1.165) is 17.9 Å². The number of amides is 3. The van der Waals surface area contributed by atoms with Gasteiger partial charge in [0.25, 0.3) is 0 Å². The topological polar surface area (TPSA) is 87.7 Å². The van der Waals surface area contributed by atoms with Crippen LogP contribution in [0, 0.1) is 11.8 Å². The molecule has 1 aliphatic heterocycles. The molecule has 2 aliphatic rings. The fourth-order valence-corrected chi connectivity index (χ4v) is 3.79. The van der Waals surface area contributed by atoms with Crippen LogP contribution in [-0.4, -0.2) is 36.9 Å². The van der Waals surface area contributed by atoms with Gasteiger partial charge in [-0.05, 0) is 48.7 Å². The lowest BCUT2D eigenvalue weighted by Crippen LogP contribution is -2.39. The highest BCUT2D eigenvalue weighted by molar-refractivity contribution is 5.97. The predicted octanol–water partition coefficient (Wildman–Crippen LogP) is 2.86. The maximum absolute atomic E-state index is 12.4. The normalized spacial score (nSPS) is 22.2. The highest BCUT2D eigenvalue weighted by atomic mass is 16.5. The SMILES string of the molecule is CC1CC1C(=O)NCCC(=O)NC1CC(=O)N(c2ccc(Oc3ccccc3)cc2)C1. The zero-order chi connectivity index (χ0) is 21.8. The van der Waals surface area contributed by atoms with Crippen molar-refractivity contribution >= 4 is 23.4 Å². The van der Waals surface area contributed by atoms with Crippen LogP contribution < -0.4 is 20.3 Å². The van der Waals surface area contributed by atoms with Gasteiger partial charge in [-0.15, -0.1) is 0 Å². The van der Waals surface area contributed by atoms with E-state index in [0.29, 0.717) is 24.8 Å². The molecule has 2 aromatic rings. The minimum absolute atomic E-state index is 0.0296. The maximum Gasteiger partial charge on any atom is 0.229 e. The van der Waals surface area contributed by atoms with Gasteiger partial charge in [-0.2, -0.15) is 0 Å². The molecule has 0 bridgehead atoms. The van der Waals surface area contributed by atoms with Gasteiger partial charge in [0.1, 0.15) is 11.5 Å². The quantitative estimate of drug-likeness (QED) is 0.686. The smallest absolute Gasteiger partial charge is 0.229 e. The molecule has 1 saturated heterocycles. The minimum Gasteiger partial charge on any atom is -0.457 e. The minimum atomic E-state index is -0.237. The fourth-order valence-electron chi connectivity index (χ4n) is 3.79. The van der Waals surface area contributed by atoms with Gasteiger partial charge in [0.05, 0.1) is 6.04 Å². The van der Waals surface area contributed by atoms with Crippen molar-refractivity contribution in [3.63, 3.8) is 0 Å². The summed E-state index contributed by atoms with van der Waals surface area (Å²) in [5.74, 6) is 1.83. The molecule has 1 aliphatic carbocycles. The van der Waals surface area contributed by atoms with E-state index in [-0.39, 0.29) is 42.5 Å². The standard InChI is InChI=1S/C24H27N3O4/c1-16-13-21(16)24(30)25-12-11-22(28)26-17-14-23(29)27(15-17)18-7-9-20(10-8-18)31-19-5-3-2-4-6-19/h2-10,16-17,21H,11-15H2,1H3,(H,25,30)(H,26,28). The summed E-state index contributed by atoms with van der Waals surface area (Å²) in [7, 11) is 0. The molecule has 7 nitrogen and oxygen atoms in total. The van der Waals surface area contributed by atoms with Gasteiger partial charge in [-0.25, -0.2) is 0 Å². The molecule has 3 amide bonds. The van der Waals surface area contributed by atoms with Crippen molar-refractivity contribution in [2.24, 2.45) is 11.8 Å². The number of carbonyl (C=O) groups is 3. The van der Waals surface area contributed by atoms with Crippen LogP contribution in [0.1, 0.15) is 26.2 Å². The van der Waals surface area contributed by atoms with Crippen molar-refractivity contribution in [1.29, 1.82) is 0 Å². The molecule has 7 heteroatoms. The second kappa shape index (κ2) is 9.20. The summed E-state index contributed by atoms with van der Waals surface area (Å²) in [5, 5.41) is 5.71. The van der Waals surface area contributed by atoms with Gasteiger partial charge in [0, 0.05) is 37.5 Å². The Kier molecular flexibility index (Phi) is 6.21. The van der Waals surface area contributed by atoms with Gasteiger partial charge in [-0.3, -0.25) is 14.4 Å². The highest BCUT2D eigenvalue weighted by Gasteiger charge is 2.38. The number of carbonyl (C=O) groups excluding carboxylic acids is 3. The zero-order valence-corrected chi connectivity index (χ0v) is 17.5. The Hall–Kier alpha value is -3.35. The molecular formula is C24H27N3O4. The molecule has 0 aromatic heterocycles. The van der Waals surface area contributed by atoms with E-state index < -0.39 is 0 Å². The third-order valence-electron chi connectivity index (χ3n) is 5.71. The van der Waals surface area contributed by atoms with Gasteiger partial charge < -0.3 is 20.3 Å². The third-order valence-corrected chi connectivity index (χ3v) is 5.71.